The predicted octanol–water partition coefficient (Wildman–Crippen LogP) is 7.79. The number of carboxylic acids is 1. The molecule has 2 amide bonds. The highest BCUT2D eigenvalue weighted by molar-refractivity contribution is 7.14. The average Bonchev–Trinajstić information content (AvgIpc) is 4.08. The molecule has 8 rings (SSSR count). The number of anilines is 4. The fourth-order valence-corrected chi connectivity index (χ4v) is 8.78. The minimum absolute atomic E-state index is 0.180. The van der Waals surface area contributed by atoms with E-state index in [2.05, 4.69) is 31.2 Å². The molecule has 6 aromatic rings. The van der Waals surface area contributed by atoms with E-state index in [-0.39, 0.29) is 17.4 Å². The number of carbonyl (C=O) groups is 4. The van der Waals surface area contributed by atoms with E-state index in [1.807, 2.05) is 47.5 Å². The Labute approximate surface area is 350 Å². The average molecular weight is 835 g/mol. The van der Waals surface area contributed by atoms with Crippen LogP contribution in [-0.2, 0) is 17.8 Å². The number of aromatic carboxylic acids is 1. The molecule has 0 unspecified atom stereocenters. The van der Waals surface area contributed by atoms with Gasteiger partial charge < -0.3 is 39.4 Å². The SMILES string of the molecule is COC(=O)c1ccc(NC(=O)c2cc(C)cn2Cc2csc(N3CCCC3)n2)cc1.Cc1cc(C(=O)Nc2ccc(C(=O)O)cc2)n(Cc2csc(N3CCCC3)n2)c1. The standard InChI is InChI=1S/C22H24N4O3S.C21H22N4O3S/c1-15-11-19(20(27)23-17-7-5-16(6-8-17)21(28)29-2)26(12-15)13-18-14-30-22(24-18)25-9-3-4-10-25;1-14-10-18(19(26)22-16-6-4-15(5-7-16)20(27)28)25(11-14)12-17-13-29-21(23-17)24-8-2-3-9-24/h5-8,11-12,14H,3-4,9-10,13H2,1-2H3,(H,23,27);4-7,10-11,13H,2-3,8-9,12H2,1H3,(H,22,26)(H,27,28). The number of benzene rings is 2. The predicted molar refractivity (Wildman–Crippen MR) is 231 cm³/mol. The van der Waals surface area contributed by atoms with Crippen LogP contribution in [0.5, 0.6) is 0 Å². The quantitative estimate of drug-likeness (QED) is 0.104. The molecule has 6 heterocycles. The lowest BCUT2D eigenvalue weighted by Gasteiger charge is -2.12. The maximum absolute atomic E-state index is 12.9. The van der Waals surface area contributed by atoms with Crippen molar-refractivity contribution in [1.82, 2.24) is 19.1 Å². The zero-order valence-corrected chi connectivity index (χ0v) is 34.8. The van der Waals surface area contributed by atoms with Gasteiger partial charge in [0.05, 0.1) is 42.7 Å². The number of amides is 2. The number of carbonyl (C=O) groups excluding carboxylic acids is 3. The third kappa shape index (κ3) is 10.3. The molecule has 2 aromatic carbocycles. The van der Waals surface area contributed by atoms with Gasteiger partial charge in [-0.15, -0.1) is 22.7 Å². The van der Waals surface area contributed by atoms with E-state index in [1.54, 1.807) is 59.1 Å². The van der Waals surface area contributed by atoms with E-state index >= 15 is 0 Å². The summed E-state index contributed by atoms with van der Waals surface area (Å²) in [6.07, 6.45) is 8.77. The Balaban J connectivity index is 0.000000179. The fourth-order valence-electron chi connectivity index (χ4n) is 7.04. The van der Waals surface area contributed by atoms with E-state index in [1.165, 1.54) is 44.9 Å². The monoisotopic (exact) mass is 834 g/mol. The van der Waals surface area contributed by atoms with Crippen LogP contribution < -0.4 is 20.4 Å². The summed E-state index contributed by atoms with van der Waals surface area (Å²) in [5.41, 5.74) is 6.79. The van der Waals surface area contributed by atoms with E-state index in [9.17, 15) is 19.2 Å². The van der Waals surface area contributed by atoms with Gasteiger partial charge in [-0.2, -0.15) is 0 Å². The van der Waals surface area contributed by atoms with Crippen LogP contribution in [0.3, 0.4) is 0 Å². The Morgan fingerprint density at radius 3 is 1.46 bits per heavy atom. The molecule has 2 fully saturated rings. The van der Waals surface area contributed by atoms with Crippen molar-refractivity contribution in [2.75, 3.05) is 53.7 Å². The van der Waals surface area contributed by atoms with E-state index in [0.29, 0.717) is 41.4 Å². The van der Waals surface area contributed by atoms with Gasteiger partial charge in [0.25, 0.3) is 11.8 Å². The van der Waals surface area contributed by atoms with Gasteiger partial charge in [-0.1, -0.05) is 0 Å². The first-order chi connectivity index (χ1) is 28.5. The molecule has 0 spiro atoms. The molecule has 2 aliphatic heterocycles. The molecule has 59 heavy (non-hydrogen) atoms. The number of hydrogen-bond acceptors (Lipinski definition) is 11. The fraction of sp³-hybridized carbons (Fsp3) is 0.302. The second kappa shape index (κ2) is 18.6. The first-order valence-corrected chi connectivity index (χ1v) is 21.2. The van der Waals surface area contributed by atoms with Crippen LogP contribution in [0.25, 0.3) is 0 Å². The number of aryl methyl sites for hydroxylation is 2. The highest BCUT2D eigenvalue weighted by atomic mass is 32.1. The summed E-state index contributed by atoms with van der Waals surface area (Å²) < 4.78 is 8.53. The summed E-state index contributed by atoms with van der Waals surface area (Å²) in [6, 6.07) is 16.5. The molecular formula is C43H46N8O6S2. The van der Waals surface area contributed by atoms with Crippen LogP contribution in [0, 0.1) is 13.8 Å². The number of ether oxygens (including phenoxy) is 1. The molecule has 4 aromatic heterocycles. The van der Waals surface area contributed by atoms with Gasteiger partial charge in [-0.05, 0) is 111 Å². The second-order valence-electron chi connectivity index (χ2n) is 14.6. The van der Waals surface area contributed by atoms with Crippen molar-refractivity contribution in [2.24, 2.45) is 0 Å². The molecule has 16 heteroatoms. The maximum atomic E-state index is 12.9. The zero-order valence-electron chi connectivity index (χ0n) is 33.1. The Morgan fingerprint density at radius 2 is 1.07 bits per heavy atom. The van der Waals surface area contributed by atoms with Crippen molar-refractivity contribution in [2.45, 2.75) is 52.6 Å². The number of rotatable bonds is 12. The van der Waals surface area contributed by atoms with Crippen LogP contribution in [0.1, 0.15) is 89.9 Å². The normalized spacial score (nSPS) is 13.5. The van der Waals surface area contributed by atoms with Crippen molar-refractivity contribution < 1.29 is 29.0 Å². The molecule has 0 bridgehead atoms. The summed E-state index contributed by atoms with van der Waals surface area (Å²) >= 11 is 3.30. The summed E-state index contributed by atoms with van der Waals surface area (Å²) in [7, 11) is 1.34. The van der Waals surface area contributed by atoms with Gasteiger partial charge in [0.15, 0.2) is 10.3 Å². The Hall–Kier alpha value is -6.26. The number of esters is 1. The molecule has 0 radical (unpaired) electrons. The van der Waals surface area contributed by atoms with E-state index in [4.69, 9.17) is 19.8 Å². The first-order valence-electron chi connectivity index (χ1n) is 19.4. The van der Waals surface area contributed by atoms with Gasteiger partial charge in [-0.3, -0.25) is 9.59 Å². The number of hydrogen-bond donors (Lipinski definition) is 3. The van der Waals surface area contributed by atoms with Crippen molar-refractivity contribution >= 4 is 68.1 Å². The van der Waals surface area contributed by atoms with Crippen molar-refractivity contribution in [3.05, 3.63) is 129 Å². The number of aromatic nitrogens is 4. The topological polar surface area (TPSA) is 164 Å². The van der Waals surface area contributed by atoms with Crippen LogP contribution in [0.2, 0.25) is 0 Å². The van der Waals surface area contributed by atoms with E-state index < -0.39 is 11.9 Å². The van der Waals surface area contributed by atoms with Crippen molar-refractivity contribution in [3.63, 3.8) is 0 Å². The molecule has 14 nitrogen and oxygen atoms in total. The number of methoxy groups -OCH3 is 1. The van der Waals surface area contributed by atoms with Gasteiger partial charge in [0, 0.05) is 60.7 Å². The summed E-state index contributed by atoms with van der Waals surface area (Å²) in [5.74, 6) is -1.85. The second-order valence-corrected chi connectivity index (χ2v) is 16.2. The highest BCUT2D eigenvalue weighted by Crippen LogP contribution is 2.27. The zero-order chi connectivity index (χ0) is 41.5. The van der Waals surface area contributed by atoms with Gasteiger partial charge >= 0.3 is 11.9 Å². The van der Waals surface area contributed by atoms with Gasteiger partial charge in [0.2, 0.25) is 0 Å². The largest absolute Gasteiger partial charge is 0.478 e. The lowest BCUT2D eigenvalue weighted by atomic mass is 10.2. The first kappa shape index (κ1) is 40.9. The van der Waals surface area contributed by atoms with Crippen molar-refractivity contribution in [3.8, 4) is 0 Å². The number of nitrogens with one attached hydrogen (secondary N) is 2. The van der Waals surface area contributed by atoms with Crippen LogP contribution in [0.4, 0.5) is 21.6 Å². The minimum atomic E-state index is -0.996. The smallest absolute Gasteiger partial charge is 0.337 e. The Morgan fingerprint density at radius 1 is 0.661 bits per heavy atom. The number of carboxylic acid groups (broad SMARTS) is 1. The van der Waals surface area contributed by atoms with Gasteiger partial charge in [0.1, 0.15) is 11.4 Å². The third-order valence-electron chi connectivity index (χ3n) is 9.98. The van der Waals surface area contributed by atoms with E-state index in [0.717, 1.165) is 59.0 Å². The third-order valence-corrected chi connectivity index (χ3v) is 11.9. The lowest BCUT2D eigenvalue weighted by molar-refractivity contribution is 0.0599. The molecule has 2 aliphatic rings. The maximum Gasteiger partial charge on any atom is 0.337 e. The lowest BCUT2D eigenvalue weighted by Crippen LogP contribution is -2.18. The Bertz CT molecular complexity index is 2420. The van der Waals surface area contributed by atoms with Crippen LogP contribution in [-0.4, -0.2) is 81.3 Å². The van der Waals surface area contributed by atoms with Crippen LogP contribution >= 0.6 is 22.7 Å². The minimum Gasteiger partial charge on any atom is -0.478 e. The molecular weight excluding hydrogens is 789 g/mol. The Kier molecular flexibility index (Phi) is 12.9. The summed E-state index contributed by atoms with van der Waals surface area (Å²) in [5, 5.41) is 20.9. The molecule has 0 saturated carbocycles. The summed E-state index contributed by atoms with van der Waals surface area (Å²) in [4.78, 5) is 62.3. The molecule has 306 valence electrons. The number of nitrogens with zero attached hydrogens (tertiary/aromatic N) is 6. The van der Waals surface area contributed by atoms with Gasteiger partial charge in [-0.25, -0.2) is 19.6 Å². The van der Waals surface area contributed by atoms with Crippen LogP contribution in [0.15, 0.2) is 83.8 Å². The highest BCUT2D eigenvalue weighted by Gasteiger charge is 2.20. The number of thiazole rings is 2. The molecule has 3 N–H and O–H groups in total. The molecule has 0 aliphatic carbocycles. The summed E-state index contributed by atoms with van der Waals surface area (Å²) in [6.45, 7) is 9.24. The van der Waals surface area contributed by atoms with Crippen molar-refractivity contribution in [1.29, 1.82) is 0 Å². The molecule has 2 saturated heterocycles. The molecule has 0 atom stereocenters.